The van der Waals surface area contributed by atoms with Gasteiger partial charge in [0.05, 0.1) is 6.54 Å². The first-order valence-corrected chi connectivity index (χ1v) is 8.78. The molecule has 2 N–H and O–H groups in total. The van der Waals surface area contributed by atoms with Gasteiger partial charge in [-0.15, -0.1) is 10.2 Å². The quantitative estimate of drug-likeness (QED) is 0.409. The van der Waals surface area contributed by atoms with Crippen LogP contribution in [0.2, 0.25) is 0 Å². The Labute approximate surface area is 138 Å². The number of aryl methyl sites for hydroxylation is 1. The van der Waals surface area contributed by atoms with E-state index in [1.54, 1.807) is 7.05 Å². The van der Waals surface area contributed by atoms with Crippen molar-refractivity contribution in [2.45, 2.75) is 58.5 Å². The van der Waals surface area contributed by atoms with Crippen LogP contribution in [-0.4, -0.2) is 47.5 Å². The Bertz CT molecular complexity index is 485. The van der Waals surface area contributed by atoms with Crippen molar-refractivity contribution in [3.63, 3.8) is 0 Å². The molecule has 2 heterocycles. The van der Waals surface area contributed by atoms with E-state index < -0.39 is 0 Å². The van der Waals surface area contributed by atoms with E-state index in [4.69, 9.17) is 4.74 Å². The van der Waals surface area contributed by atoms with Crippen molar-refractivity contribution in [2.24, 2.45) is 4.99 Å². The normalized spacial score (nSPS) is 14.6. The minimum Gasteiger partial charge on any atom is -0.381 e. The highest BCUT2D eigenvalue weighted by Gasteiger charge is 2.15. The van der Waals surface area contributed by atoms with Gasteiger partial charge in [-0.05, 0) is 25.7 Å². The number of aliphatic imine (C=N–C) groups is 1. The van der Waals surface area contributed by atoms with Crippen LogP contribution >= 0.6 is 0 Å². The minimum atomic E-state index is 0.652. The van der Waals surface area contributed by atoms with Gasteiger partial charge in [-0.3, -0.25) is 4.99 Å². The zero-order valence-electron chi connectivity index (χ0n) is 14.5. The molecule has 1 aliphatic rings. The molecule has 0 aliphatic carbocycles. The second-order valence-corrected chi connectivity index (χ2v) is 5.81. The number of hydrogen-bond acceptors (Lipinski definition) is 4. The third-order valence-electron chi connectivity index (χ3n) is 3.97. The zero-order chi connectivity index (χ0) is 16.3. The van der Waals surface area contributed by atoms with Crippen LogP contribution in [0.5, 0.6) is 0 Å². The van der Waals surface area contributed by atoms with Crippen molar-refractivity contribution in [1.29, 1.82) is 0 Å². The summed E-state index contributed by atoms with van der Waals surface area (Å²) < 4.78 is 7.78. The Morgan fingerprint density at radius 3 is 2.91 bits per heavy atom. The fourth-order valence-electron chi connectivity index (χ4n) is 2.61. The fourth-order valence-corrected chi connectivity index (χ4v) is 2.61. The molecule has 0 unspecified atom stereocenters. The monoisotopic (exact) mass is 322 g/mol. The molecule has 0 atom stereocenters. The van der Waals surface area contributed by atoms with Gasteiger partial charge in [-0.2, -0.15) is 0 Å². The molecule has 23 heavy (non-hydrogen) atoms. The number of hydrogen-bond donors (Lipinski definition) is 2. The van der Waals surface area contributed by atoms with Gasteiger partial charge in [0.15, 0.2) is 11.8 Å². The Morgan fingerprint density at radius 1 is 1.22 bits per heavy atom. The molecule has 0 radical (unpaired) electrons. The molecule has 0 saturated heterocycles. The highest BCUT2D eigenvalue weighted by molar-refractivity contribution is 5.79. The Balaban J connectivity index is 1.64. The number of nitrogens with one attached hydrogen (secondary N) is 2. The molecule has 7 nitrogen and oxygen atoms in total. The number of guanidine groups is 1. The van der Waals surface area contributed by atoms with Gasteiger partial charge < -0.3 is 19.9 Å². The first-order valence-electron chi connectivity index (χ1n) is 8.78. The number of fused-ring (bicyclic) bond motifs is 1. The molecule has 0 saturated carbocycles. The SMILES string of the molecule is CCCCOCCCNC(=NC)NCc1nnc2n1CCCC2. The number of rotatable bonds is 9. The van der Waals surface area contributed by atoms with Crippen LogP contribution in [0.1, 0.15) is 50.7 Å². The van der Waals surface area contributed by atoms with E-state index >= 15 is 0 Å². The lowest BCUT2D eigenvalue weighted by Crippen LogP contribution is -2.38. The molecule has 0 fully saturated rings. The third-order valence-corrected chi connectivity index (χ3v) is 3.97. The summed E-state index contributed by atoms with van der Waals surface area (Å²) in [4.78, 5) is 4.24. The third kappa shape index (κ3) is 5.82. The lowest BCUT2D eigenvalue weighted by molar-refractivity contribution is 0.129. The van der Waals surface area contributed by atoms with Crippen LogP contribution in [-0.2, 0) is 24.2 Å². The molecule has 0 amide bonds. The van der Waals surface area contributed by atoms with Gasteiger partial charge in [0.25, 0.3) is 0 Å². The second kappa shape index (κ2) is 10.2. The van der Waals surface area contributed by atoms with E-state index in [-0.39, 0.29) is 0 Å². The number of aromatic nitrogens is 3. The van der Waals surface area contributed by atoms with Crippen LogP contribution in [0, 0.1) is 0 Å². The van der Waals surface area contributed by atoms with Crippen LogP contribution in [0.3, 0.4) is 0 Å². The van der Waals surface area contributed by atoms with Crippen molar-refractivity contribution in [3.05, 3.63) is 11.6 Å². The maximum absolute atomic E-state index is 5.55. The lowest BCUT2D eigenvalue weighted by Gasteiger charge is -2.16. The highest BCUT2D eigenvalue weighted by Crippen LogP contribution is 2.13. The second-order valence-electron chi connectivity index (χ2n) is 5.81. The van der Waals surface area contributed by atoms with Crippen molar-refractivity contribution >= 4 is 5.96 Å². The Morgan fingerprint density at radius 2 is 2.09 bits per heavy atom. The molecular formula is C16H30N6O. The summed E-state index contributed by atoms with van der Waals surface area (Å²) in [6.45, 7) is 6.36. The topological polar surface area (TPSA) is 76.4 Å². The van der Waals surface area contributed by atoms with Crippen LogP contribution in [0.25, 0.3) is 0 Å². The van der Waals surface area contributed by atoms with E-state index in [2.05, 4.69) is 37.3 Å². The van der Waals surface area contributed by atoms with E-state index in [9.17, 15) is 0 Å². The summed E-state index contributed by atoms with van der Waals surface area (Å²) in [5, 5.41) is 15.2. The van der Waals surface area contributed by atoms with Gasteiger partial charge in [-0.25, -0.2) is 0 Å². The van der Waals surface area contributed by atoms with Crippen LogP contribution in [0.4, 0.5) is 0 Å². The van der Waals surface area contributed by atoms with Crippen molar-refractivity contribution in [2.75, 3.05) is 26.8 Å². The van der Waals surface area contributed by atoms with E-state index in [0.29, 0.717) is 6.54 Å². The maximum Gasteiger partial charge on any atom is 0.191 e. The average molecular weight is 322 g/mol. The largest absolute Gasteiger partial charge is 0.381 e. The standard InChI is InChI=1S/C16H30N6O/c1-3-4-11-23-12-7-9-18-16(17-2)19-13-15-21-20-14-8-5-6-10-22(14)15/h3-13H2,1-2H3,(H2,17,18,19). The van der Waals surface area contributed by atoms with Gasteiger partial charge in [-0.1, -0.05) is 13.3 Å². The summed E-state index contributed by atoms with van der Waals surface area (Å²) in [5.41, 5.74) is 0. The molecule has 0 spiro atoms. The molecule has 0 aromatic carbocycles. The Kier molecular flexibility index (Phi) is 7.86. The summed E-state index contributed by atoms with van der Waals surface area (Å²) >= 11 is 0. The van der Waals surface area contributed by atoms with E-state index in [1.807, 2.05) is 0 Å². The molecule has 2 rings (SSSR count). The van der Waals surface area contributed by atoms with Gasteiger partial charge in [0, 0.05) is 39.8 Å². The fraction of sp³-hybridized carbons (Fsp3) is 0.812. The van der Waals surface area contributed by atoms with Crippen LogP contribution in [0.15, 0.2) is 4.99 Å². The molecule has 1 aromatic heterocycles. The molecule has 7 heteroatoms. The van der Waals surface area contributed by atoms with Gasteiger partial charge in [0.2, 0.25) is 0 Å². The molecule has 130 valence electrons. The van der Waals surface area contributed by atoms with Crippen molar-refractivity contribution in [3.8, 4) is 0 Å². The molecule has 0 bridgehead atoms. The zero-order valence-corrected chi connectivity index (χ0v) is 14.5. The maximum atomic E-state index is 5.55. The van der Waals surface area contributed by atoms with Gasteiger partial charge >= 0.3 is 0 Å². The van der Waals surface area contributed by atoms with Crippen molar-refractivity contribution < 1.29 is 4.74 Å². The van der Waals surface area contributed by atoms with E-state index in [1.165, 1.54) is 19.3 Å². The smallest absolute Gasteiger partial charge is 0.191 e. The lowest BCUT2D eigenvalue weighted by atomic mass is 10.2. The van der Waals surface area contributed by atoms with Crippen molar-refractivity contribution in [1.82, 2.24) is 25.4 Å². The Hall–Kier alpha value is -1.63. The predicted molar refractivity (Wildman–Crippen MR) is 91.5 cm³/mol. The van der Waals surface area contributed by atoms with Gasteiger partial charge in [0.1, 0.15) is 5.82 Å². The number of ether oxygens (including phenoxy) is 1. The number of unbranched alkanes of at least 4 members (excludes halogenated alkanes) is 1. The van der Waals surface area contributed by atoms with E-state index in [0.717, 1.165) is 63.2 Å². The molecule has 1 aromatic rings. The summed E-state index contributed by atoms with van der Waals surface area (Å²) in [5.74, 6) is 2.90. The number of nitrogens with zero attached hydrogens (tertiary/aromatic N) is 4. The minimum absolute atomic E-state index is 0.652. The first-order chi connectivity index (χ1) is 11.3. The summed E-state index contributed by atoms with van der Waals surface area (Å²) in [6.07, 6.45) is 6.77. The average Bonchev–Trinajstić information content (AvgIpc) is 3.00. The molecule has 1 aliphatic heterocycles. The summed E-state index contributed by atoms with van der Waals surface area (Å²) in [7, 11) is 1.78. The highest BCUT2D eigenvalue weighted by atomic mass is 16.5. The first kappa shape index (κ1) is 17.7. The van der Waals surface area contributed by atoms with Crippen LogP contribution < -0.4 is 10.6 Å². The predicted octanol–water partition coefficient (Wildman–Crippen LogP) is 1.49. The molecular weight excluding hydrogens is 292 g/mol. The summed E-state index contributed by atoms with van der Waals surface area (Å²) in [6, 6.07) is 0.